The average molecular weight is 536 g/mol. The normalized spacial score (nSPS) is 11.4. The van der Waals surface area contributed by atoms with Gasteiger partial charge in [0.15, 0.2) is 0 Å². The smallest absolute Gasteiger partial charge is 0.408 e. The largest absolute Gasteiger partial charge is 0.481 e. The predicted molar refractivity (Wildman–Crippen MR) is 137 cm³/mol. The van der Waals surface area contributed by atoms with Crippen molar-refractivity contribution in [2.45, 2.75) is 58.1 Å². The quantitative estimate of drug-likeness (QED) is 0.167. The number of rotatable bonds is 15. The van der Waals surface area contributed by atoms with Crippen LogP contribution < -0.4 is 26.6 Å². The van der Waals surface area contributed by atoms with E-state index in [1.807, 2.05) is 6.07 Å². The molecule has 0 aliphatic rings. The Labute approximate surface area is 221 Å². The second kappa shape index (κ2) is 16.6. The summed E-state index contributed by atoms with van der Waals surface area (Å²) < 4.78 is 5.00. The Morgan fingerprint density at radius 3 is 1.97 bits per heavy atom. The third kappa shape index (κ3) is 15.8. The maximum absolute atomic E-state index is 12.7. The van der Waals surface area contributed by atoms with Crippen molar-refractivity contribution < 1.29 is 38.6 Å². The van der Waals surface area contributed by atoms with Crippen LogP contribution in [0.2, 0.25) is 0 Å². The number of hydrogen-bond donors (Lipinski definition) is 6. The van der Waals surface area contributed by atoms with Crippen LogP contribution in [0, 0.1) is 0 Å². The first-order valence-corrected chi connectivity index (χ1v) is 12.2. The zero-order valence-electron chi connectivity index (χ0n) is 21.9. The number of carbonyl (C=O) groups excluding carboxylic acids is 5. The van der Waals surface area contributed by atoms with Crippen LogP contribution >= 0.6 is 0 Å². The minimum atomic E-state index is -0.917. The number of carboxylic acids is 1. The first-order valence-electron chi connectivity index (χ1n) is 12.2. The molecule has 1 aromatic rings. The van der Waals surface area contributed by atoms with Gasteiger partial charge in [-0.3, -0.25) is 24.0 Å². The lowest BCUT2D eigenvalue weighted by Gasteiger charge is -2.19. The third-order valence-corrected chi connectivity index (χ3v) is 4.74. The van der Waals surface area contributed by atoms with Crippen LogP contribution in [0.3, 0.4) is 0 Å². The fourth-order valence-electron chi connectivity index (χ4n) is 2.99. The summed E-state index contributed by atoms with van der Waals surface area (Å²) in [5, 5.41) is 20.9. The molecular formula is C25H37N5O8. The number of aliphatic carboxylic acids is 1. The van der Waals surface area contributed by atoms with Gasteiger partial charge in [0.1, 0.15) is 18.2 Å². The summed E-state index contributed by atoms with van der Waals surface area (Å²) in [6, 6.07) is 8.12. The first kappa shape index (κ1) is 31.9. The SMILES string of the molecule is CC(C)(C)OC(=O)NCC(=O)NCC(=O)NCC(=O)N[C@@H](Cc1ccccc1)C(=O)NCCCCC(=O)O. The van der Waals surface area contributed by atoms with Gasteiger partial charge in [0.05, 0.1) is 13.1 Å². The second-order valence-electron chi connectivity index (χ2n) is 9.36. The van der Waals surface area contributed by atoms with Crippen molar-refractivity contribution in [2.24, 2.45) is 0 Å². The minimum Gasteiger partial charge on any atom is -0.481 e. The number of hydrogen-bond acceptors (Lipinski definition) is 7. The first-order chi connectivity index (χ1) is 17.9. The highest BCUT2D eigenvalue weighted by Crippen LogP contribution is 2.06. The van der Waals surface area contributed by atoms with Crippen LogP contribution in [0.1, 0.15) is 45.6 Å². The fourth-order valence-corrected chi connectivity index (χ4v) is 2.99. The van der Waals surface area contributed by atoms with Gasteiger partial charge in [-0.05, 0) is 39.2 Å². The lowest BCUT2D eigenvalue weighted by molar-refractivity contribution is -0.137. The number of amides is 5. The van der Waals surface area contributed by atoms with E-state index in [-0.39, 0.29) is 19.4 Å². The van der Waals surface area contributed by atoms with Crippen LogP contribution in [0.5, 0.6) is 0 Å². The van der Waals surface area contributed by atoms with Gasteiger partial charge in [-0.15, -0.1) is 0 Å². The van der Waals surface area contributed by atoms with Crippen molar-refractivity contribution in [1.29, 1.82) is 0 Å². The van der Waals surface area contributed by atoms with Crippen LogP contribution in [-0.4, -0.2) is 78.6 Å². The third-order valence-electron chi connectivity index (χ3n) is 4.74. The monoisotopic (exact) mass is 535 g/mol. The summed E-state index contributed by atoms with van der Waals surface area (Å²) in [4.78, 5) is 71.0. The number of ether oxygens (including phenoxy) is 1. The molecule has 0 spiro atoms. The molecule has 5 amide bonds. The molecule has 1 aromatic carbocycles. The average Bonchev–Trinajstić information content (AvgIpc) is 2.83. The van der Waals surface area contributed by atoms with E-state index in [1.165, 1.54) is 0 Å². The van der Waals surface area contributed by atoms with E-state index in [0.717, 1.165) is 5.56 Å². The number of nitrogens with one attached hydrogen (secondary N) is 5. The maximum Gasteiger partial charge on any atom is 0.408 e. The Bertz CT molecular complexity index is 962. The van der Waals surface area contributed by atoms with Crippen molar-refractivity contribution >= 4 is 35.7 Å². The van der Waals surface area contributed by atoms with Crippen LogP contribution in [0.4, 0.5) is 4.79 Å². The molecule has 0 saturated carbocycles. The predicted octanol–water partition coefficient (Wildman–Crippen LogP) is -0.158. The van der Waals surface area contributed by atoms with Gasteiger partial charge in [-0.2, -0.15) is 0 Å². The lowest BCUT2D eigenvalue weighted by atomic mass is 10.1. The van der Waals surface area contributed by atoms with E-state index in [1.54, 1.807) is 45.0 Å². The van der Waals surface area contributed by atoms with Crippen molar-refractivity contribution in [3.63, 3.8) is 0 Å². The molecule has 1 rings (SSSR count). The number of alkyl carbamates (subject to hydrolysis) is 1. The maximum atomic E-state index is 12.7. The van der Waals surface area contributed by atoms with Gasteiger partial charge < -0.3 is 36.4 Å². The molecule has 0 bridgehead atoms. The van der Waals surface area contributed by atoms with E-state index < -0.39 is 67.0 Å². The molecule has 6 N–H and O–H groups in total. The summed E-state index contributed by atoms with van der Waals surface area (Å²) in [5.74, 6) is -3.23. The molecule has 13 heteroatoms. The van der Waals surface area contributed by atoms with E-state index in [9.17, 15) is 28.8 Å². The molecule has 0 heterocycles. The van der Waals surface area contributed by atoms with E-state index in [4.69, 9.17) is 9.84 Å². The zero-order valence-corrected chi connectivity index (χ0v) is 21.9. The highest BCUT2D eigenvalue weighted by Gasteiger charge is 2.21. The standard InChI is InChI=1S/C25H37N5O8/c1-25(2,3)38-24(37)29-15-20(32)27-14-19(31)28-16-21(33)30-18(13-17-9-5-4-6-10-17)23(36)26-12-8-7-11-22(34)35/h4-6,9-10,18H,7-8,11-16H2,1-3H3,(H,26,36)(H,27,32)(H,28,31)(H,29,37)(H,30,33)(H,34,35)/t18-/m0/s1. The van der Waals surface area contributed by atoms with E-state index in [2.05, 4.69) is 26.6 Å². The fraction of sp³-hybridized carbons (Fsp3) is 0.520. The molecule has 0 unspecified atom stereocenters. The highest BCUT2D eigenvalue weighted by molar-refractivity contribution is 5.91. The molecule has 0 aliphatic carbocycles. The summed E-state index contributed by atoms with van der Waals surface area (Å²) in [6.45, 7) is 4.04. The Hall–Kier alpha value is -4.16. The highest BCUT2D eigenvalue weighted by atomic mass is 16.6. The second-order valence-corrected chi connectivity index (χ2v) is 9.36. The molecule has 0 radical (unpaired) electrons. The van der Waals surface area contributed by atoms with Crippen LogP contribution in [0.15, 0.2) is 30.3 Å². The molecule has 38 heavy (non-hydrogen) atoms. The molecule has 13 nitrogen and oxygen atoms in total. The minimum absolute atomic E-state index is 0.000452. The summed E-state index contributed by atoms with van der Waals surface area (Å²) in [7, 11) is 0. The topological polar surface area (TPSA) is 192 Å². The molecule has 210 valence electrons. The van der Waals surface area contributed by atoms with Gasteiger partial charge in [0.2, 0.25) is 23.6 Å². The van der Waals surface area contributed by atoms with Gasteiger partial charge in [-0.25, -0.2) is 4.79 Å². The number of unbranched alkanes of at least 4 members (excludes halogenated alkanes) is 1. The summed E-state index contributed by atoms with van der Waals surface area (Å²) in [5.41, 5.74) is 0.0922. The Kier molecular flexibility index (Phi) is 13.9. The molecule has 0 fully saturated rings. The van der Waals surface area contributed by atoms with Crippen molar-refractivity contribution in [3.05, 3.63) is 35.9 Å². The van der Waals surface area contributed by atoms with E-state index in [0.29, 0.717) is 12.8 Å². The van der Waals surface area contributed by atoms with Crippen molar-refractivity contribution in [2.75, 3.05) is 26.2 Å². The molecule has 1 atom stereocenters. The number of benzene rings is 1. The summed E-state index contributed by atoms with van der Waals surface area (Å²) >= 11 is 0. The Morgan fingerprint density at radius 1 is 0.816 bits per heavy atom. The summed E-state index contributed by atoms with van der Waals surface area (Å²) in [6.07, 6.45) is 0.315. The molecule has 0 aliphatic heterocycles. The lowest BCUT2D eigenvalue weighted by Crippen LogP contribution is -2.51. The van der Waals surface area contributed by atoms with Gasteiger partial charge in [-0.1, -0.05) is 30.3 Å². The van der Waals surface area contributed by atoms with Gasteiger partial charge in [0, 0.05) is 19.4 Å². The zero-order chi connectivity index (χ0) is 28.6. The molecular weight excluding hydrogens is 498 g/mol. The van der Waals surface area contributed by atoms with Crippen molar-refractivity contribution in [3.8, 4) is 0 Å². The molecule has 0 saturated heterocycles. The van der Waals surface area contributed by atoms with Gasteiger partial charge in [0.25, 0.3) is 0 Å². The Balaban J connectivity index is 2.47. The van der Waals surface area contributed by atoms with Crippen LogP contribution in [0.25, 0.3) is 0 Å². The van der Waals surface area contributed by atoms with Crippen molar-refractivity contribution in [1.82, 2.24) is 26.6 Å². The van der Waals surface area contributed by atoms with Gasteiger partial charge >= 0.3 is 12.1 Å². The Morgan fingerprint density at radius 2 is 1.39 bits per heavy atom. The number of carboxylic acid groups (broad SMARTS) is 1. The van der Waals surface area contributed by atoms with E-state index >= 15 is 0 Å². The molecule has 0 aromatic heterocycles. The number of carbonyl (C=O) groups is 6. The van der Waals surface area contributed by atoms with Crippen LogP contribution in [-0.2, 0) is 35.1 Å².